The summed E-state index contributed by atoms with van der Waals surface area (Å²) in [6.07, 6.45) is 0.504. The topological polar surface area (TPSA) is 114 Å². The molecule has 1 aromatic heterocycles. The second kappa shape index (κ2) is 12.4. The van der Waals surface area contributed by atoms with E-state index >= 15 is 0 Å². The molecule has 11 heteroatoms. The first-order valence-corrected chi connectivity index (χ1v) is 16.6. The second-order valence-corrected chi connectivity index (χ2v) is 14.9. The fourth-order valence-corrected chi connectivity index (χ4v) is 6.83. The minimum Gasteiger partial charge on any atom is -0.476 e. The number of hydrogen-bond acceptors (Lipinski definition) is 8. The average Bonchev–Trinajstić information content (AvgIpc) is 2.88. The quantitative estimate of drug-likeness (QED) is 0.390. The number of benzene rings is 2. The maximum Gasteiger partial charge on any atom is 0.410 e. The van der Waals surface area contributed by atoms with Crippen molar-refractivity contribution in [2.75, 3.05) is 24.4 Å². The first-order chi connectivity index (χ1) is 20.7. The molecule has 2 aromatic carbocycles. The fourth-order valence-electron chi connectivity index (χ4n) is 5.81. The molecule has 4 bridgehead atoms. The molecule has 3 aromatic rings. The van der Waals surface area contributed by atoms with Crippen molar-refractivity contribution in [1.82, 2.24) is 19.8 Å². The van der Waals surface area contributed by atoms with Crippen LogP contribution < -0.4 is 9.46 Å². The van der Waals surface area contributed by atoms with E-state index < -0.39 is 15.6 Å². The van der Waals surface area contributed by atoms with Crippen LogP contribution in [-0.4, -0.2) is 71.7 Å². The fraction of sp³-hybridized carbons (Fsp3) is 0.485. The Bertz CT molecular complexity index is 1610. The van der Waals surface area contributed by atoms with E-state index in [0.717, 1.165) is 28.7 Å². The minimum atomic E-state index is -4.00. The van der Waals surface area contributed by atoms with Crippen LogP contribution in [0.15, 0.2) is 53.4 Å². The minimum absolute atomic E-state index is 0.0307. The van der Waals surface area contributed by atoms with Crippen molar-refractivity contribution in [2.24, 2.45) is 5.92 Å². The number of anilines is 1. The summed E-state index contributed by atoms with van der Waals surface area (Å²) in [5, 5.41) is 0. The Labute approximate surface area is 260 Å². The molecule has 236 valence electrons. The molecule has 1 amide bonds. The summed E-state index contributed by atoms with van der Waals surface area (Å²) in [4.78, 5) is 26.1. The Kier molecular flexibility index (Phi) is 8.91. The van der Waals surface area contributed by atoms with E-state index in [2.05, 4.69) is 33.4 Å². The number of nitrogens with one attached hydrogen (secondary N) is 1. The predicted molar refractivity (Wildman–Crippen MR) is 170 cm³/mol. The van der Waals surface area contributed by atoms with Crippen molar-refractivity contribution in [1.29, 1.82) is 0 Å². The molecular formula is C33H43N5O5S. The van der Waals surface area contributed by atoms with Crippen molar-refractivity contribution < 1.29 is 22.7 Å². The number of fused-ring (bicyclic) bond motifs is 4. The smallest absolute Gasteiger partial charge is 0.410 e. The van der Waals surface area contributed by atoms with E-state index in [-0.39, 0.29) is 29.0 Å². The van der Waals surface area contributed by atoms with Crippen molar-refractivity contribution in [3.8, 4) is 17.1 Å². The summed E-state index contributed by atoms with van der Waals surface area (Å²) in [5.41, 5.74) is 3.78. The summed E-state index contributed by atoms with van der Waals surface area (Å²) in [6.45, 7) is 15.8. The van der Waals surface area contributed by atoms with Gasteiger partial charge in [-0.3, -0.25) is 4.90 Å². The van der Waals surface area contributed by atoms with E-state index in [9.17, 15) is 13.2 Å². The summed E-state index contributed by atoms with van der Waals surface area (Å²) in [7, 11) is -4.00. The Morgan fingerprint density at radius 1 is 1.07 bits per heavy atom. The van der Waals surface area contributed by atoms with Gasteiger partial charge in [-0.15, -0.1) is 0 Å². The van der Waals surface area contributed by atoms with Gasteiger partial charge in [0.25, 0.3) is 10.0 Å². The van der Waals surface area contributed by atoms with Crippen LogP contribution >= 0.6 is 0 Å². The van der Waals surface area contributed by atoms with E-state index in [1.807, 2.05) is 58.9 Å². The number of sulfonamides is 1. The van der Waals surface area contributed by atoms with Gasteiger partial charge in [-0.25, -0.2) is 22.9 Å². The highest BCUT2D eigenvalue weighted by Crippen LogP contribution is 2.31. The SMILES string of the molecule is Cc1cccc(C)c1-c1cc2nc(n1)NS(=O)(=O)c1cccc(c1)CN(C1CN(C(=O)OC(C)(C)C)C1)[C@H](CC(C)C)CO2. The highest BCUT2D eigenvalue weighted by Gasteiger charge is 2.40. The number of rotatable bonds is 4. The lowest BCUT2D eigenvalue weighted by molar-refractivity contribution is -0.0355. The van der Waals surface area contributed by atoms with Crippen LogP contribution in [0.5, 0.6) is 5.88 Å². The number of carbonyl (C=O) groups is 1. The summed E-state index contributed by atoms with van der Waals surface area (Å²) < 4.78 is 41.7. The van der Waals surface area contributed by atoms with Crippen molar-refractivity contribution in [2.45, 2.75) is 84.0 Å². The normalized spacial score (nSPS) is 19.1. The summed E-state index contributed by atoms with van der Waals surface area (Å²) >= 11 is 0. The van der Waals surface area contributed by atoms with Crippen LogP contribution in [0, 0.1) is 19.8 Å². The maximum atomic E-state index is 13.6. The number of carbonyl (C=O) groups excluding carboxylic acids is 1. The third-order valence-corrected chi connectivity index (χ3v) is 9.18. The van der Waals surface area contributed by atoms with E-state index in [1.165, 1.54) is 0 Å². The molecule has 1 atom stereocenters. The Hall–Kier alpha value is -3.70. The molecule has 10 nitrogen and oxygen atoms in total. The van der Waals surface area contributed by atoms with Gasteiger partial charge in [0.15, 0.2) is 0 Å². The molecule has 0 radical (unpaired) electrons. The van der Waals surface area contributed by atoms with Gasteiger partial charge < -0.3 is 14.4 Å². The van der Waals surface area contributed by atoms with Crippen molar-refractivity contribution in [3.63, 3.8) is 0 Å². The van der Waals surface area contributed by atoms with Gasteiger partial charge in [-0.05, 0) is 75.8 Å². The number of nitrogens with zero attached hydrogens (tertiary/aromatic N) is 4. The van der Waals surface area contributed by atoms with Gasteiger partial charge in [0.05, 0.1) is 10.6 Å². The largest absolute Gasteiger partial charge is 0.476 e. The first-order valence-electron chi connectivity index (χ1n) is 15.1. The zero-order chi connectivity index (χ0) is 31.8. The third kappa shape index (κ3) is 7.32. The van der Waals surface area contributed by atoms with Gasteiger partial charge in [0, 0.05) is 43.3 Å². The van der Waals surface area contributed by atoms with Crippen molar-refractivity contribution >= 4 is 22.1 Å². The zero-order valence-electron chi connectivity index (χ0n) is 26.6. The average molecular weight is 622 g/mol. The lowest BCUT2D eigenvalue weighted by Gasteiger charge is -2.48. The van der Waals surface area contributed by atoms with Crippen LogP contribution in [0.3, 0.4) is 0 Å². The van der Waals surface area contributed by atoms with Crippen LogP contribution in [0.25, 0.3) is 11.3 Å². The zero-order valence-corrected chi connectivity index (χ0v) is 27.4. The molecule has 0 aliphatic carbocycles. The molecule has 1 N–H and O–H groups in total. The predicted octanol–water partition coefficient (Wildman–Crippen LogP) is 5.79. The van der Waals surface area contributed by atoms with Crippen LogP contribution in [0.4, 0.5) is 10.7 Å². The Morgan fingerprint density at radius 3 is 2.41 bits per heavy atom. The Morgan fingerprint density at radius 2 is 1.75 bits per heavy atom. The number of aromatic nitrogens is 2. The monoisotopic (exact) mass is 621 g/mol. The van der Waals surface area contributed by atoms with Gasteiger partial charge in [0.1, 0.15) is 12.2 Å². The lowest BCUT2D eigenvalue weighted by atomic mass is 9.97. The molecule has 0 saturated carbocycles. The van der Waals surface area contributed by atoms with Crippen LogP contribution in [0.1, 0.15) is 57.7 Å². The Balaban J connectivity index is 1.55. The molecule has 2 aliphatic heterocycles. The first kappa shape index (κ1) is 31.7. The highest BCUT2D eigenvalue weighted by molar-refractivity contribution is 7.92. The number of likely N-dealkylation sites (tertiary alicyclic amines) is 1. The molecule has 1 saturated heterocycles. The molecule has 5 rings (SSSR count). The van der Waals surface area contributed by atoms with E-state index in [1.54, 1.807) is 29.2 Å². The third-order valence-electron chi connectivity index (χ3n) is 7.86. The molecule has 2 aliphatic rings. The summed E-state index contributed by atoms with van der Waals surface area (Å²) in [6, 6.07) is 14.7. The van der Waals surface area contributed by atoms with Gasteiger partial charge in [-0.1, -0.05) is 44.2 Å². The van der Waals surface area contributed by atoms with Gasteiger partial charge in [0.2, 0.25) is 11.8 Å². The highest BCUT2D eigenvalue weighted by atomic mass is 32.2. The van der Waals surface area contributed by atoms with Gasteiger partial charge in [-0.2, -0.15) is 4.98 Å². The molecular weight excluding hydrogens is 578 g/mol. The lowest BCUT2D eigenvalue weighted by Crippen LogP contribution is -2.64. The molecule has 1 fully saturated rings. The maximum absolute atomic E-state index is 13.6. The van der Waals surface area contributed by atoms with Gasteiger partial charge >= 0.3 is 6.09 Å². The molecule has 44 heavy (non-hydrogen) atoms. The molecule has 0 spiro atoms. The van der Waals surface area contributed by atoms with Crippen LogP contribution in [0.2, 0.25) is 0 Å². The summed E-state index contributed by atoms with van der Waals surface area (Å²) in [5.74, 6) is 0.608. The van der Waals surface area contributed by atoms with Crippen LogP contribution in [-0.2, 0) is 21.3 Å². The standard InChI is InChI=1S/C33H43N5O5S/c1-21(2)14-25-20-42-29-16-28(30-22(3)10-8-11-23(30)4)34-31(35-29)36-44(40,41)27-13-9-12-24(15-27)17-38(25)26-18-37(19-26)32(39)43-33(5,6)7/h8-13,15-16,21,25-26H,14,17-20H2,1-7H3,(H,34,35,36)/t25-/m1/s1. The number of aryl methyl sites for hydroxylation is 2. The number of amides is 1. The van der Waals surface area contributed by atoms with E-state index in [4.69, 9.17) is 9.47 Å². The van der Waals surface area contributed by atoms with E-state index in [0.29, 0.717) is 43.7 Å². The number of hydrogen-bond donors (Lipinski definition) is 1. The van der Waals surface area contributed by atoms with Crippen molar-refractivity contribution in [3.05, 3.63) is 65.2 Å². The molecule has 0 unspecified atom stereocenters. The second-order valence-electron chi connectivity index (χ2n) is 13.2. The molecule has 3 heterocycles. The number of ether oxygens (including phenoxy) is 2.